The number of nitrogens with zero attached hydrogens (tertiary/aromatic N) is 3. The van der Waals surface area contributed by atoms with Crippen LogP contribution < -0.4 is 5.32 Å². The van der Waals surface area contributed by atoms with E-state index < -0.39 is 9.84 Å². The van der Waals surface area contributed by atoms with Gasteiger partial charge in [-0.05, 0) is 36.2 Å². The van der Waals surface area contributed by atoms with Crippen LogP contribution in [0.5, 0.6) is 0 Å². The van der Waals surface area contributed by atoms with Gasteiger partial charge in [0.2, 0.25) is 0 Å². The summed E-state index contributed by atoms with van der Waals surface area (Å²) in [5.74, 6) is 0.787. The second-order valence-electron chi connectivity index (χ2n) is 6.27. The Morgan fingerprint density at radius 2 is 1.85 bits per heavy atom. The molecule has 0 bridgehead atoms. The van der Waals surface area contributed by atoms with Crippen molar-refractivity contribution in [3.8, 4) is 11.3 Å². The second kappa shape index (κ2) is 7.29. The molecule has 3 aromatic rings. The Morgan fingerprint density at radius 1 is 1.12 bits per heavy atom. The van der Waals surface area contributed by atoms with Crippen molar-refractivity contribution in [2.75, 3.05) is 11.6 Å². The largest absolute Gasteiger partial charge is 0.366 e. The third kappa shape index (κ3) is 4.29. The van der Waals surface area contributed by atoms with Crippen LogP contribution >= 0.6 is 0 Å². The van der Waals surface area contributed by atoms with Gasteiger partial charge in [-0.25, -0.2) is 13.4 Å². The van der Waals surface area contributed by atoms with E-state index in [0.29, 0.717) is 11.4 Å². The van der Waals surface area contributed by atoms with Crippen LogP contribution in [0.2, 0.25) is 0 Å². The molecule has 0 aliphatic rings. The van der Waals surface area contributed by atoms with Crippen molar-refractivity contribution < 1.29 is 8.42 Å². The zero-order valence-corrected chi connectivity index (χ0v) is 15.9. The summed E-state index contributed by atoms with van der Waals surface area (Å²) >= 11 is 0. The lowest BCUT2D eigenvalue weighted by Crippen LogP contribution is -2.03. The van der Waals surface area contributed by atoms with Crippen molar-refractivity contribution in [1.82, 2.24) is 14.8 Å². The van der Waals surface area contributed by atoms with E-state index in [-0.39, 0.29) is 0 Å². The summed E-state index contributed by atoms with van der Waals surface area (Å²) in [5, 5.41) is 7.50. The molecule has 2 aromatic heterocycles. The van der Waals surface area contributed by atoms with Gasteiger partial charge < -0.3 is 5.32 Å². The van der Waals surface area contributed by atoms with Gasteiger partial charge in [0.25, 0.3) is 0 Å². The van der Waals surface area contributed by atoms with Crippen LogP contribution in [-0.2, 0) is 29.9 Å². The van der Waals surface area contributed by atoms with Crippen molar-refractivity contribution in [2.24, 2.45) is 7.05 Å². The van der Waals surface area contributed by atoms with Crippen molar-refractivity contribution in [3.63, 3.8) is 0 Å². The van der Waals surface area contributed by atoms with Gasteiger partial charge >= 0.3 is 0 Å². The molecule has 0 saturated carbocycles. The second-order valence-corrected chi connectivity index (χ2v) is 8.29. The van der Waals surface area contributed by atoms with E-state index in [1.807, 2.05) is 31.6 Å². The minimum atomic E-state index is -3.20. The molecule has 6 nitrogen and oxygen atoms in total. The number of sulfone groups is 1. The first-order valence-corrected chi connectivity index (χ1v) is 10.3. The Morgan fingerprint density at radius 3 is 2.42 bits per heavy atom. The van der Waals surface area contributed by atoms with E-state index in [0.717, 1.165) is 34.6 Å². The predicted molar refractivity (Wildman–Crippen MR) is 103 cm³/mol. The molecule has 2 heterocycles. The van der Waals surface area contributed by atoms with Gasteiger partial charge in [-0.15, -0.1) is 0 Å². The maximum Gasteiger partial charge on any atom is 0.175 e. The van der Waals surface area contributed by atoms with Crippen LogP contribution in [0.25, 0.3) is 11.3 Å². The molecule has 0 spiro atoms. The maximum atomic E-state index is 11.6. The zero-order chi connectivity index (χ0) is 18.7. The van der Waals surface area contributed by atoms with E-state index in [2.05, 4.69) is 22.3 Å². The third-order valence-corrected chi connectivity index (χ3v) is 5.23. The van der Waals surface area contributed by atoms with Crippen LogP contribution in [0.3, 0.4) is 0 Å². The van der Waals surface area contributed by atoms with Gasteiger partial charge in [-0.3, -0.25) is 4.68 Å². The molecule has 7 heteroatoms. The summed E-state index contributed by atoms with van der Waals surface area (Å²) in [4.78, 5) is 4.99. The van der Waals surface area contributed by atoms with Gasteiger partial charge in [0, 0.05) is 37.2 Å². The molecule has 0 radical (unpaired) electrons. The number of anilines is 1. The topological polar surface area (TPSA) is 76.9 Å². The minimum Gasteiger partial charge on any atom is -0.366 e. The number of pyridine rings is 1. The fourth-order valence-corrected chi connectivity index (χ4v) is 3.29. The van der Waals surface area contributed by atoms with Crippen LogP contribution in [0, 0.1) is 0 Å². The number of aromatic nitrogens is 3. The SMILES string of the molecule is CCc1cc(NCc2cnn(C)c2)nc(-c2ccc(S(C)(=O)=O)cc2)c1. The van der Waals surface area contributed by atoms with E-state index in [1.54, 1.807) is 28.9 Å². The molecular formula is C19H22N4O2S. The minimum absolute atomic E-state index is 0.308. The van der Waals surface area contributed by atoms with Crippen molar-refractivity contribution in [3.05, 3.63) is 59.9 Å². The number of hydrogen-bond acceptors (Lipinski definition) is 5. The van der Waals surface area contributed by atoms with Crippen LogP contribution in [0.4, 0.5) is 5.82 Å². The lowest BCUT2D eigenvalue weighted by molar-refractivity contribution is 0.602. The molecule has 0 fully saturated rings. The Labute approximate surface area is 153 Å². The Bertz CT molecular complexity index is 1010. The van der Waals surface area contributed by atoms with E-state index in [9.17, 15) is 8.42 Å². The first-order chi connectivity index (χ1) is 12.3. The van der Waals surface area contributed by atoms with Crippen molar-refractivity contribution >= 4 is 15.7 Å². The van der Waals surface area contributed by atoms with Crippen LogP contribution in [0.1, 0.15) is 18.1 Å². The number of nitrogens with one attached hydrogen (secondary N) is 1. The lowest BCUT2D eigenvalue weighted by Gasteiger charge is -2.10. The molecule has 136 valence electrons. The first-order valence-electron chi connectivity index (χ1n) is 8.38. The lowest BCUT2D eigenvalue weighted by atomic mass is 10.1. The standard InChI is InChI=1S/C19H22N4O2S/c1-4-14-9-18(16-5-7-17(8-6-16)26(3,24)25)22-19(10-14)20-11-15-12-21-23(2)13-15/h5-10,12-13H,4,11H2,1-3H3,(H,20,22). The van der Waals surface area contributed by atoms with Gasteiger partial charge in [-0.2, -0.15) is 5.10 Å². The molecule has 26 heavy (non-hydrogen) atoms. The van der Waals surface area contributed by atoms with E-state index >= 15 is 0 Å². The third-order valence-electron chi connectivity index (χ3n) is 4.10. The highest BCUT2D eigenvalue weighted by molar-refractivity contribution is 7.90. The molecule has 0 saturated heterocycles. The molecule has 0 aliphatic carbocycles. The highest BCUT2D eigenvalue weighted by Crippen LogP contribution is 2.23. The number of rotatable bonds is 6. The average molecular weight is 370 g/mol. The molecule has 1 aromatic carbocycles. The molecule has 3 rings (SSSR count). The summed E-state index contributed by atoms with van der Waals surface area (Å²) in [6.07, 6.45) is 5.87. The fourth-order valence-electron chi connectivity index (χ4n) is 2.66. The Kier molecular flexibility index (Phi) is 5.08. The summed E-state index contributed by atoms with van der Waals surface area (Å²) in [6.45, 7) is 2.73. The summed E-state index contributed by atoms with van der Waals surface area (Å²) < 4.78 is 25.0. The van der Waals surface area contributed by atoms with Crippen molar-refractivity contribution in [2.45, 2.75) is 24.8 Å². The molecule has 0 amide bonds. The summed E-state index contributed by atoms with van der Waals surface area (Å²) in [6, 6.07) is 10.9. The molecule has 0 atom stereocenters. The Balaban J connectivity index is 1.87. The maximum absolute atomic E-state index is 11.6. The molecular weight excluding hydrogens is 348 g/mol. The summed E-state index contributed by atoms with van der Waals surface area (Å²) in [5.41, 5.74) is 3.95. The van der Waals surface area contributed by atoms with Gasteiger partial charge in [0.15, 0.2) is 9.84 Å². The van der Waals surface area contributed by atoms with Gasteiger partial charge in [0.1, 0.15) is 5.82 Å². The zero-order valence-electron chi connectivity index (χ0n) is 15.1. The first kappa shape index (κ1) is 18.1. The predicted octanol–water partition coefficient (Wildman–Crippen LogP) is 3.06. The molecule has 0 unspecified atom stereocenters. The highest BCUT2D eigenvalue weighted by Gasteiger charge is 2.09. The van der Waals surface area contributed by atoms with Gasteiger partial charge in [-0.1, -0.05) is 19.1 Å². The Hall–Kier alpha value is -2.67. The van der Waals surface area contributed by atoms with Crippen LogP contribution in [0.15, 0.2) is 53.7 Å². The highest BCUT2D eigenvalue weighted by atomic mass is 32.2. The van der Waals surface area contributed by atoms with Crippen LogP contribution in [-0.4, -0.2) is 29.4 Å². The number of hydrogen-bond donors (Lipinski definition) is 1. The number of benzene rings is 1. The summed E-state index contributed by atoms with van der Waals surface area (Å²) in [7, 11) is -1.31. The smallest absolute Gasteiger partial charge is 0.175 e. The van der Waals surface area contributed by atoms with Gasteiger partial charge in [0.05, 0.1) is 16.8 Å². The quantitative estimate of drug-likeness (QED) is 0.722. The van der Waals surface area contributed by atoms with E-state index in [4.69, 9.17) is 0 Å². The molecule has 0 aliphatic heterocycles. The fraction of sp³-hybridized carbons (Fsp3) is 0.263. The van der Waals surface area contributed by atoms with E-state index in [1.165, 1.54) is 6.26 Å². The normalized spacial score (nSPS) is 11.5. The number of aryl methyl sites for hydroxylation is 2. The monoisotopic (exact) mass is 370 g/mol. The average Bonchev–Trinajstić information content (AvgIpc) is 3.04. The van der Waals surface area contributed by atoms with Crippen molar-refractivity contribution in [1.29, 1.82) is 0 Å². The molecule has 1 N–H and O–H groups in total.